The molecular weight excluding hydrogens is 281 g/mol. The predicted octanol–water partition coefficient (Wildman–Crippen LogP) is 4.75. The summed E-state index contributed by atoms with van der Waals surface area (Å²) in [5.74, 6) is -0.896. The summed E-state index contributed by atoms with van der Waals surface area (Å²) >= 11 is 12.2. The van der Waals surface area contributed by atoms with Crippen LogP contribution in [-0.2, 0) is 4.79 Å². The van der Waals surface area contributed by atoms with E-state index in [0.29, 0.717) is 15.6 Å². The molecule has 19 heavy (non-hydrogen) atoms. The zero-order valence-electron chi connectivity index (χ0n) is 10.5. The van der Waals surface area contributed by atoms with Gasteiger partial charge in [0.1, 0.15) is 5.92 Å². The lowest BCUT2D eigenvalue weighted by atomic mass is 9.80. The molecule has 0 N–H and O–H groups in total. The second kappa shape index (κ2) is 6.41. The monoisotopic (exact) mass is 295 g/mol. The third-order valence-electron chi connectivity index (χ3n) is 3.71. The summed E-state index contributed by atoms with van der Waals surface area (Å²) < 4.78 is 0. The molecule has 0 saturated heterocycles. The molecule has 2 rings (SSSR count). The van der Waals surface area contributed by atoms with Gasteiger partial charge in [-0.25, -0.2) is 0 Å². The molecule has 1 saturated carbocycles. The lowest BCUT2D eigenvalue weighted by molar-refractivity contribution is -0.124. The number of carbonyl (C=O) groups is 1. The molecular formula is C15H15Cl2NO. The highest BCUT2D eigenvalue weighted by Crippen LogP contribution is 2.36. The van der Waals surface area contributed by atoms with Gasteiger partial charge in [0, 0.05) is 21.5 Å². The zero-order chi connectivity index (χ0) is 13.8. The first-order chi connectivity index (χ1) is 9.15. The van der Waals surface area contributed by atoms with E-state index >= 15 is 0 Å². The van der Waals surface area contributed by atoms with E-state index in [1.807, 2.05) is 0 Å². The fourth-order valence-corrected chi connectivity index (χ4v) is 3.30. The zero-order valence-corrected chi connectivity index (χ0v) is 12.0. The first-order valence-electron chi connectivity index (χ1n) is 6.52. The molecule has 1 aromatic rings. The van der Waals surface area contributed by atoms with Crippen LogP contribution in [0.3, 0.4) is 0 Å². The number of benzene rings is 1. The predicted molar refractivity (Wildman–Crippen MR) is 76.4 cm³/mol. The van der Waals surface area contributed by atoms with E-state index < -0.39 is 5.92 Å². The Morgan fingerprint density at radius 1 is 1.21 bits per heavy atom. The minimum absolute atomic E-state index is 0.0225. The van der Waals surface area contributed by atoms with Crippen LogP contribution in [0, 0.1) is 17.2 Å². The van der Waals surface area contributed by atoms with E-state index in [0.717, 1.165) is 25.7 Å². The number of ketones is 1. The second-order valence-electron chi connectivity index (χ2n) is 4.93. The molecule has 1 aliphatic rings. The van der Waals surface area contributed by atoms with Crippen molar-refractivity contribution >= 4 is 29.0 Å². The highest BCUT2D eigenvalue weighted by atomic mass is 35.5. The molecule has 100 valence electrons. The number of rotatable bonds is 3. The highest BCUT2D eigenvalue weighted by Gasteiger charge is 2.31. The summed E-state index contributed by atoms with van der Waals surface area (Å²) in [5, 5.41) is 10.1. The molecule has 1 atom stereocenters. The number of hydrogen-bond acceptors (Lipinski definition) is 2. The summed E-state index contributed by atoms with van der Waals surface area (Å²) in [5.41, 5.74) is 0.462. The number of hydrogen-bond donors (Lipinski definition) is 0. The Bertz CT molecular complexity index is 495. The topological polar surface area (TPSA) is 40.9 Å². The van der Waals surface area contributed by atoms with E-state index in [-0.39, 0.29) is 11.7 Å². The van der Waals surface area contributed by atoms with Gasteiger partial charge in [-0.1, -0.05) is 48.5 Å². The van der Waals surface area contributed by atoms with Crippen molar-refractivity contribution in [3.8, 4) is 6.07 Å². The largest absolute Gasteiger partial charge is 0.298 e. The Hall–Kier alpha value is -1.04. The molecule has 0 amide bonds. The maximum atomic E-state index is 12.5. The number of nitriles is 1. The highest BCUT2D eigenvalue weighted by molar-refractivity contribution is 6.36. The third kappa shape index (κ3) is 3.11. The summed E-state index contributed by atoms with van der Waals surface area (Å²) in [6.07, 6.45) is 5.04. The van der Waals surface area contributed by atoms with Gasteiger partial charge in [-0.05, 0) is 25.0 Å². The van der Waals surface area contributed by atoms with Crippen molar-refractivity contribution < 1.29 is 4.79 Å². The van der Waals surface area contributed by atoms with Crippen LogP contribution < -0.4 is 0 Å². The van der Waals surface area contributed by atoms with Crippen LogP contribution in [0.15, 0.2) is 18.2 Å². The molecule has 0 heterocycles. The minimum Gasteiger partial charge on any atom is -0.298 e. The average molecular weight is 296 g/mol. The Morgan fingerprint density at radius 2 is 1.79 bits per heavy atom. The van der Waals surface area contributed by atoms with Crippen molar-refractivity contribution in [2.75, 3.05) is 0 Å². The lowest BCUT2D eigenvalue weighted by Crippen LogP contribution is -2.24. The van der Waals surface area contributed by atoms with Gasteiger partial charge in [-0.15, -0.1) is 0 Å². The first-order valence-corrected chi connectivity index (χ1v) is 7.28. The van der Waals surface area contributed by atoms with Crippen molar-refractivity contribution in [1.29, 1.82) is 5.26 Å². The summed E-state index contributed by atoms with van der Waals surface area (Å²) in [6.45, 7) is 0. The molecule has 0 spiro atoms. The van der Waals surface area contributed by atoms with Gasteiger partial charge in [0.15, 0.2) is 5.78 Å². The Labute approximate surface area is 123 Å². The average Bonchev–Trinajstić information content (AvgIpc) is 2.43. The second-order valence-corrected chi connectivity index (χ2v) is 5.75. The van der Waals surface area contributed by atoms with Crippen molar-refractivity contribution in [2.24, 2.45) is 5.92 Å². The lowest BCUT2D eigenvalue weighted by Gasteiger charge is -2.23. The summed E-state index contributed by atoms with van der Waals surface area (Å²) in [6, 6.07) is 7.13. The van der Waals surface area contributed by atoms with Crippen molar-refractivity contribution in [3.05, 3.63) is 33.8 Å². The Balaban J connectivity index is 2.29. The molecule has 1 aromatic carbocycles. The van der Waals surface area contributed by atoms with Crippen LogP contribution in [0.25, 0.3) is 0 Å². The van der Waals surface area contributed by atoms with Gasteiger partial charge in [0.05, 0.1) is 6.07 Å². The van der Waals surface area contributed by atoms with Crippen LogP contribution in [0.1, 0.15) is 43.6 Å². The van der Waals surface area contributed by atoms with Gasteiger partial charge >= 0.3 is 0 Å². The quantitative estimate of drug-likeness (QED) is 0.807. The van der Waals surface area contributed by atoms with Crippen LogP contribution >= 0.6 is 23.2 Å². The maximum absolute atomic E-state index is 12.5. The molecule has 1 fully saturated rings. The van der Waals surface area contributed by atoms with Crippen molar-refractivity contribution in [3.63, 3.8) is 0 Å². The van der Waals surface area contributed by atoms with E-state index in [9.17, 15) is 10.1 Å². The van der Waals surface area contributed by atoms with Gasteiger partial charge in [-0.3, -0.25) is 4.79 Å². The van der Waals surface area contributed by atoms with Gasteiger partial charge in [-0.2, -0.15) is 5.26 Å². The summed E-state index contributed by atoms with van der Waals surface area (Å²) in [7, 11) is 0. The molecule has 0 radical (unpaired) electrons. The number of carbonyl (C=O) groups excluding carboxylic acids is 1. The number of nitrogens with zero attached hydrogens (tertiary/aromatic N) is 1. The molecule has 0 bridgehead atoms. The molecule has 1 aliphatic carbocycles. The third-order valence-corrected chi connectivity index (χ3v) is 4.37. The molecule has 0 aliphatic heterocycles. The van der Waals surface area contributed by atoms with Crippen LogP contribution in [0.5, 0.6) is 0 Å². The minimum atomic E-state index is -0.843. The van der Waals surface area contributed by atoms with Crippen LogP contribution in [0.2, 0.25) is 10.0 Å². The van der Waals surface area contributed by atoms with Gasteiger partial charge in [0.2, 0.25) is 0 Å². The van der Waals surface area contributed by atoms with Gasteiger partial charge < -0.3 is 0 Å². The van der Waals surface area contributed by atoms with Crippen molar-refractivity contribution in [1.82, 2.24) is 0 Å². The fraction of sp³-hybridized carbons (Fsp3) is 0.467. The standard InChI is InChI=1S/C15H15Cl2NO/c16-12-7-4-8-13(17)14(12)11(9-18)15(19)10-5-2-1-3-6-10/h4,7-8,10-11H,1-3,5-6H2. The smallest absolute Gasteiger partial charge is 0.157 e. The molecule has 1 unspecified atom stereocenters. The van der Waals surface area contributed by atoms with E-state index in [1.54, 1.807) is 18.2 Å². The fourth-order valence-electron chi connectivity index (χ4n) is 2.68. The van der Waals surface area contributed by atoms with Crippen molar-refractivity contribution in [2.45, 2.75) is 38.0 Å². The number of halogens is 2. The van der Waals surface area contributed by atoms with Gasteiger partial charge in [0.25, 0.3) is 0 Å². The molecule has 4 heteroatoms. The summed E-state index contributed by atoms with van der Waals surface area (Å²) in [4.78, 5) is 12.5. The Kier molecular flexibility index (Phi) is 4.85. The SMILES string of the molecule is N#CC(C(=O)C1CCCCC1)c1c(Cl)cccc1Cl. The molecule has 0 aromatic heterocycles. The maximum Gasteiger partial charge on any atom is 0.157 e. The van der Waals surface area contributed by atoms with E-state index in [2.05, 4.69) is 6.07 Å². The number of Topliss-reactive ketones (excluding diaryl/α,β-unsaturated/α-hetero) is 1. The Morgan fingerprint density at radius 3 is 2.32 bits per heavy atom. The van der Waals surface area contributed by atoms with E-state index in [4.69, 9.17) is 23.2 Å². The first kappa shape index (κ1) is 14.4. The van der Waals surface area contributed by atoms with Crippen LogP contribution in [0.4, 0.5) is 0 Å². The molecule has 2 nitrogen and oxygen atoms in total. The van der Waals surface area contributed by atoms with E-state index in [1.165, 1.54) is 6.42 Å². The normalized spacial score (nSPS) is 17.7. The van der Waals surface area contributed by atoms with Crippen LogP contribution in [-0.4, -0.2) is 5.78 Å².